The summed E-state index contributed by atoms with van der Waals surface area (Å²) < 4.78 is 0. The smallest absolute Gasteiger partial charge is 0.0451 e. The van der Waals surface area contributed by atoms with Gasteiger partial charge in [0.25, 0.3) is 0 Å². The molecule has 0 N–H and O–H groups in total. The predicted octanol–water partition coefficient (Wildman–Crippen LogP) is 7.12. The van der Waals surface area contributed by atoms with Crippen LogP contribution < -0.4 is 0 Å². The van der Waals surface area contributed by atoms with Crippen LogP contribution in [0.25, 0.3) is 0 Å². The molecule has 0 saturated carbocycles. The first-order valence-electron chi connectivity index (χ1n) is 10.5. The van der Waals surface area contributed by atoms with Gasteiger partial charge in [-0.05, 0) is 59.1 Å². The summed E-state index contributed by atoms with van der Waals surface area (Å²) in [5, 5.41) is 0. The van der Waals surface area contributed by atoms with E-state index < -0.39 is 0 Å². The zero-order chi connectivity index (χ0) is 19.3. The van der Waals surface area contributed by atoms with E-state index >= 15 is 0 Å². The van der Waals surface area contributed by atoms with Gasteiger partial charge in [0, 0.05) is 5.41 Å². The number of hydrogen-bond acceptors (Lipinski definition) is 0. The van der Waals surface area contributed by atoms with E-state index in [1.807, 2.05) is 0 Å². The molecule has 0 atom stereocenters. The molecule has 0 aromatic heterocycles. The Hall–Kier alpha value is -2.34. The van der Waals surface area contributed by atoms with Gasteiger partial charge in [-0.3, -0.25) is 0 Å². The van der Waals surface area contributed by atoms with Gasteiger partial charge >= 0.3 is 0 Å². The van der Waals surface area contributed by atoms with Crippen molar-refractivity contribution < 1.29 is 0 Å². The largest absolute Gasteiger partial charge is 0.0639 e. The fourth-order valence-electron chi connectivity index (χ4n) is 4.84. The highest BCUT2D eigenvalue weighted by molar-refractivity contribution is 5.56. The lowest BCUT2D eigenvalue weighted by Crippen LogP contribution is -2.30. The summed E-state index contributed by atoms with van der Waals surface area (Å²) in [6.07, 6.45) is 4.33. The molecule has 3 rings (SSSR count). The summed E-state index contributed by atoms with van der Waals surface area (Å²) in [6, 6.07) is 26.9. The van der Waals surface area contributed by atoms with Gasteiger partial charge in [0.1, 0.15) is 0 Å². The minimum Gasteiger partial charge on any atom is -0.0639 e. The minimum absolute atomic E-state index is 0.107. The van der Waals surface area contributed by atoms with Crippen LogP contribution in [0.15, 0.2) is 72.8 Å². The summed E-state index contributed by atoms with van der Waals surface area (Å²) >= 11 is 0. The van der Waals surface area contributed by atoms with Crippen LogP contribution in [0.3, 0.4) is 0 Å². The van der Waals surface area contributed by atoms with Crippen molar-refractivity contribution in [2.24, 2.45) is 0 Å². The van der Waals surface area contributed by atoms with Crippen molar-refractivity contribution in [2.45, 2.75) is 58.8 Å². The lowest BCUT2D eigenvalue weighted by Gasteiger charge is -2.37. The maximum absolute atomic E-state index is 2.42. The monoisotopic (exact) mass is 356 g/mol. The van der Waals surface area contributed by atoms with Crippen LogP contribution in [0.1, 0.15) is 67.5 Å². The van der Waals surface area contributed by atoms with E-state index in [1.54, 1.807) is 11.1 Å². The van der Waals surface area contributed by atoms with Gasteiger partial charge in [-0.2, -0.15) is 0 Å². The standard InChI is InChI=1S/C27H32/c1-5-21-19-20-26(25(7-3)24(21)6-2)27(8-4,22-15-11-9-12-16-22)23-17-13-10-14-18-23/h9-20H,5-8H2,1-4H3. The Morgan fingerprint density at radius 3 is 1.48 bits per heavy atom. The first-order valence-corrected chi connectivity index (χ1v) is 10.5. The second-order valence-corrected chi connectivity index (χ2v) is 7.28. The van der Waals surface area contributed by atoms with Gasteiger partial charge in [-0.1, -0.05) is 100 Å². The molecule has 0 fully saturated rings. The Labute approximate surface area is 165 Å². The average Bonchev–Trinajstić information content (AvgIpc) is 2.75. The Morgan fingerprint density at radius 2 is 1.07 bits per heavy atom. The molecule has 3 aromatic rings. The molecule has 0 heterocycles. The Bertz CT molecular complexity index is 820. The van der Waals surface area contributed by atoms with E-state index in [2.05, 4.69) is 100 Å². The van der Waals surface area contributed by atoms with Crippen molar-refractivity contribution in [3.8, 4) is 0 Å². The van der Waals surface area contributed by atoms with Crippen molar-refractivity contribution in [2.75, 3.05) is 0 Å². The Morgan fingerprint density at radius 1 is 0.556 bits per heavy atom. The molecule has 0 saturated heterocycles. The van der Waals surface area contributed by atoms with Crippen molar-refractivity contribution in [3.05, 3.63) is 106 Å². The van der Waals surface area contributed by atoms with Crippen molar-refractivity contribution in [1.82, 2.24) is 0 Å². The predicted molar refractivity (Wildman–Crippen MR) is 118 cm³/mol. The number of benzene rings is 3. The van der Waals surface area contributed by atoms with E-state index in [-0.39, 0.29) is 5.41 Å². The normalized spacial score (nSPS) is 11.6. The summed E-state index contributed by atoms with van der Waals surface area (Å²) in [5.74, 6) is 0. The molecule has 0 bridgehead atoms. The zero-order valence-electron chi connectivity index (χ0n) is 17.3. The van der Waals surface area contributed by atoms with E-state index in [0.717, 1.165) is 25.7 Å². The van der Waals surface area contributed by atoms with Gasteiger partial charge in [0.05, 0.1) is 0 Å². The second-order valence-electron chi connectivity index (χ2n) is 7.28. The molecule has 0 aliphatic carbocycles. The van der Waals surface area contributed by atoms with Crippen LogP contribution in [0, 0.1) is 0 Å². The maximum Gasteiger partial charge on any atom is 0.0451 e. The van der Waals surface area contributed by atoms with Crippen LogP contribution in [0.2, 0.25) is 0 Å². The number of rotatable bonds is 7. The zero-order valence-corrected chi connectivity index (χ0v) is 17.3. The Balaban J connectivity index is 2.39. The fourth-order valence-corrected chi connectivity index (χ4v) is 4.84. The van der Waals surface area contributed by atoms with E-state index in [0.29, 0.717) is 0 Å². The minimum atomic E-state index is -0.107. The van der Waals surface area contributed by atoms with Crippen LogP contribution in [-0.2, 0) is 24.7 Å². The first kappa shape index (κ1) is 19.4. The van der Waals surface area contributed by atoms with Gasteiger partial charge in [-0.25, -0.2) is 0 Å². The summed E-state index contributed by atoms with van der Waals surface area (Å²) in [5.41, 5.74) is 8.76. The van der Waals surface area contributed by atoms with Crippen molar-refractivity contribution in [1.29, 1.82) is 0 Å². The van der Waals surface area contributed by atoms with Gasteiger partial charge < -0.3 is 0 Å². The molecule has 0 heteroatoms. The van der Waals surface area contributed by atoms with E-state index in [1.165, 1.54) is 22.3 Å². The average molecular weight is 357 g/mol. The second kappa shape index (κ2) is 8.57. The van der Waals surface area contributed by atoms with Gasteiger partial charge in [0.2, 0.25) is 0 Å². The lowest BCUT2D eigenvalue weighted by molar-refractivity contribution is 0.585. The molecule has 27 heavy (non-hydrogen) atoms. The highest BCUT2D eigenvalue weighted by Gasteiger charge is 2.36. The highest BCUT2D eigenvalue weighted by atomic mass is 14.4. The highest BCUT2D eigenvalue weighted by Crippen LogP contribution is 2.44. The molecule has 3 aromatic carbocycles. The van der Waals surface area contributed by atoms with Crippen LogP contribution in [0.5, 0.6) is 0 Å². The molecule has 0 aliphatic heterocycles. The molecule has 140 valence electrons. The quantitative estimate of drug-likeness (QED) is 0.395. The molecule has 0 radical (unpaired) electrons. The summed E-state index contributed by atoms with van der Waals surface area (Å²) in [6.45, 7) is 9.22. The third-order valence-corrected chi connectivity index (χ3v) is 6.14. The molecule has 0 aliphatic rings. The molecule has 0 amide bonds. The third kappa shape index (κ3) is 3.34. The summed E-state index contributed by atoms with van der Waals surface area (Å²) in [7, 11) is 0. The van der Waals surface area contributed by atoms with Crippen LogP contribution >= 0.6 is 0 Å². The maximum atomic E-state index is 2.42. The van der Waals surface area contributed by atoms with Crippen molar-refractivity contribution in [3.63, 3.8) is 0 Å². The lowest BCUT2D eigenvalue weighted by atomic mass is 9.65. The van der Waals surface area contributed by atoms with E-state index in [9.17, 15) is 0 Å². The SMILES string of the molecule is CCc1ccc(C(CC)(c2ccccc2)c2ccccc2)c(CC)c1CC. The summed E-state index contributed by atoms with van der Waals surface area (Å²) in [4.78, 5) is 0. The molecule has 0 nitrogen and oxygen atoms in total. The van der Waals surface area contributed by atoms with Crippen molar-refractivity contribution >= 4 is 0 Å². The first-order chi connectivity index (χ1) is 13.2. The topological polar surface area (TPSA) is 0 Å². The number of hydrogen-bond donors (Lipinski definition) is 0. The molecular weight excluding hydrogens is 324 g/mol. The van der Waals surface area contributed by atoms with E-state index in [4.69, 9.17) is 0 Å². The number of aryl methyl sites for hydroxylation is 1. The van der Waals surface area contributed by atoms with Gasteiger partial charge in [0.15, 0.2) is 0 Å². The molecule has 0 spiro atoms. The third-order valence-electron chi connectivity index (χ3n) is 6.14. The van der Waals surface area contributed by atoms with Crippen LogP contribution in [-0.4, -0.2) is 0 Å². The molecule has 0 unspecified atom stereocenters. The molecular formula is C27H32. The van der Waals surface area contributed by atoms with Crippen LogP contribution in [0.4, 0.5) is 0 Å². The fraction of sp³-hybridized carbons (Fsp3) is 0.333. The van der Waals surface area contributed by atoms with Gasteiger partial charge in [-0.15, -0.1) is 0 Å². The Kier molecular flexibility index (Phi) is 6.16.